The van der Waals surface area contributed by atoms with Crippen molar-refractivity contribution in [3.05, 3.63) is 102 Å². The molecule has 3 aromatic rings. The average Bonchev–Trinajstić information content (AvgIpc) is 2.71. The van der Waals surface area contributed by atoms with Gasteiger partial charge in [0.2, 0.25) is 5.91 Å². The zero-order valence-electron chi connectivity index (χ0n) is 14.5. The number of amides is 1. The van der Waals surface area contributed by atoms with Crippen molar-refractivity contribution in [2.24, 2.45) is 5.92 Å². The summed E-state index contributed by atoms with van der Waals surface area (Å²) in [6.07, 6.45) is 0. The molecule has 1 amide bonds. The van der Waals surface area contributed by atoms with E-state index in [1.807, 2.05) is 72.8 Å². The lowest BCUT2D eigenvalue weighted by atomic mass is 9.73. The molecule has 1 aliphatic rings. The molecule has 0 aromatic heterocycles. The lowest BCUT2D eigenvalue weighted by Crippen LogP contribution is -2.45. The van der Waals surface area contributed by atoms with Crippen LogP contribution in [0.15, 0.2) is 84.9 Å². The molecule has 1 heterocycles. The van der Waals surface area contributed by atoms with E-state index in [0.29, 0.717) is 5.56 Å². The molecular formula is C23H19NO2. The first kappa shape index (κ1) is 16.3. The Morgan fingerprint density at radius 3 is 2.08 bits per heavy atom. The number of ketones is 1. The second kappa shape index (κ2) is 6.60. The van der Waals surface area contributed by atoms with Crippen molar-refractivity contribution in [3.63, 3.8) is 0 Å². The molecule has 26 heavy (non-hydrogen) atoms. The highest BCUT2D eigenvalue weighted by Gasteiger charge is 2.44. The van der Waals surface area contributed by atoms with E-state index in [1.54, 1.807) is 24.1 Å². The first-order valence-corrected chi connectivity index (χ1v) is 8.69. The van der Waals surface area contributed by atoms with E-state index in [2.05, 4.69) is 0 Å². The van der Waals surface area contributed by atoms with Crippen LogP contribution in [0, 0.1) is 5.92 Å². The quantitative estimate of drug-likeness (QED) is 0.526. The maximum absolute atomic E-state index is 13.3. The number of hydrogen-bond acceptors (Lipinski definition) is 2. The van der Waals surface area contributed by atoms with Gasteiger partial charge in [0.1, 0.15) is 5.92 Å². The van der Waals surface area contributed by atoms with Gasteiger partial charge in [-0.3, -0.25) is 9.59 Å². The van der Waals surface area contributed by atoms with Gasteiger partial charge in [0.15, 0.2) is 5.78 Å². The molecule has 0 aliphatic carbocycles. The predicted molar refractivity (Wildman–Crippen MR) is 102 cm³/mol. The van der Waals surface area contributed by atoms with Crippen LogP contribution in [0.25, 0.3) is 0 Å². The number of anilines is 1. The van der Waals surface area contributed by atoms with Crippen molar-refractivity contribution in [3.8, 4) is 0 Å². The summed E-state index contributed by atoms with van der Waals surface area (Å²) in [5, 5.41) is 0. The number of nitrogens with zero attached hydrogens (tertiary/aromatic N) is 1. The smallest absolute Gasteiger partial charge is 0.238 e. The fourth-order valence-electron chi connectivity index (χ4n) is 3.78. The average molecular weight is 341 g/mol. The Bertz CT molecular complexity index is 950. The summed E-state index contributed by atoms with van der Waals surface area (Å²) in [4.78, 5) is 28.1. The van der Waals surface area contributed by atoms with Gasteiger partial charge < -0.3 is 4.90 Å². The Balaban J connectivity index is 1.91. The molecule has 0 N–H and O–H groups in total. The van der Waals surface area contributed by atoms with E-state index >= 15 is 0 Å². The Kier molecular flexibility index (Phi) is 4.13. The van der Waals surface area contributed by atoms with E-state index in [4.69, 9.17) is 0 Å². The van der Waals surface area contributed by atoms with Gasteiger partial charge in [0.05, 0.1) is 0 Å². The normalized spacial score (nSPS) is 19.1. The lowest BCUT2D eigenvalue weighted by Gasteiger charge is -2.37. The minimum atomic E-state index is -0.764. The predicted octanol–water partition coefficient (Wildman–Crippen LogP) is 4.29. The molecule has 3 nitrogen and oxygen atoms in total. The van der Waals surface area contributed by atoms with Crippen molar-refractivity contribution >= 4 is 17.4 Å². The molecule has 128 valence electrons. The standard InChI is InChI=1S/C23H19NO2/c1-24-19-15-9-8-14-18(19)20(16-10-4-2-5-11-16)21(23(24)26)22(25)17-12-6-3-7-13-17/h2-15,20-21H,1H3. The van der Waals surface area contributed by atoms with Crippen LogP contribution in [0.2, 0.25) is 0 Å². The maximum atomic E-state index is 13.3. The van der Waals surface area contributed by atoms with Gasteiger partial charge in [0, 0.05) is 24.2 Å². The summed E-state index contributed by atoms with van der Waals surface area (Å²) in [7, 11) is 1.74. The Morgan fingerprint density at radius 2 is 1.38 bits per heavy atom. The van der Waals surface area contributed by atoms with Crippen LogP contribution in [-0.4, -0.2) is 18.7 Å². The number of Topliss-reactive ketones (excluding diaryl/α,β-unsaturated/α-hetero) is 1. The van der Waals surface area contributed by atoms with E-state index in [1.165, 1.54) is 0 Å². The molecule has 1 aliphatic heterocycles. The number of fused-ring (bicyclic) bond motifs is 1. The van der Waals surface area contributed by atoms with Crippen LogP contribution in [0.1, 0.15) is 27.4 Å². The third-order valence-electron chi connectivity index (χ3n) is 5.06. The van der Waals surface area contributed by atoms with Crippen LogP contribution in [0.3, 0.4) is 0 Å². The molecular weight excluding hydrogens is 322 g/mol. The molecule has 0 fully saturated rings. The molecule has 0 saturated carbocycles. The van der Waals surface area contributed by atoms with E-state index < -0.39 is 5.92 Å². The van der Waals surface area contributed by atoms with Crippen molar-refractivity contribution < 1.29 is 9.59 Å². The van der Waals surface area contributed by atoms with Gasteiger partial charge in [0.25, 0.3) is 0 Å². The number of para-hydroxylation sites is 1. The summed E-state index contributed by atoms with van der Waals surface area (Å²) in [6, 6.07) is 26.7. The van der Waals surface area contributed by atoms with Gasteiger partial charge in [-0.25, -0.2) is 0 Å². The molecule has 3 aromatic carbocycles. The van der Waals surface area contributed by atoms with Crippen LogP contribution >= 0.6 is 0 Å². The molecule has 0 spiro atoms. The second-order valence-electron chi connectivity index (χ2n) is 6.55. The number of carbonyl (C=O) groups is 2. The number of benzene rings is 3. The molecule has 0 radical (unpaired) electrons. The maximum Gasteiger partial charge on any atom is 0.238 e. The van der Waals surface area contributed by atoms with E-state index in [-0.39, 0.29) is 17.6 Å². The van der Waals surface area contributed by atoms with Crippen LogP contribution in [0.5, 0.6) is 0 Å². The van der Waals surface area contributed by atoms with Gasteiger partial charge in [-0.2, -0.15) is 0 Å². The van der Waals surface area contributed by atoms with Crippen LogP contribution in [-0.2, 0) is 4.79 Å². The van der Waals surface area contributed by atoms with Crippen molar-refractivity contribution in [1.29, 1.82) is 0 Å². The molecule has 2 atom stereocenters. The third-order valence-corrected chi connectivity index (χ3v) is 5.06. The van der Waals surface area contributed by atoms with E-state index in [9.17, 15) is 9.59 Å². The molecule has 3 heteroatoms. The zero-order valence-corrected chi connectivity index (χ0v) is 14.5. The minimum Gasteiger partial charge on any atom is -0.315 e. The summed E-state index contributed by atoms with van der Waals surface area (Å²) in [5.41, 5.74) is 3.42. The van der Waals surface area contributed by atoms with Crippen LogP contribution in [0.4, 0.5) is 5.69 Å². The Morgan fingerprint density at radius 1 is 0.808 bits per heavy atom. The first-order valence-electron chi connectivity index (χ1n) is 8.69. The number of rotatable bonds is 3. The first-order chi connectivity index (χ1) is 12.7. The zero-order chi connectivity index (χ0) is 18.1. The summed E-state index contributed by atoms with van der Waals surface area (Å²) < 4.78 is 0. The number of hydrogen-bond donors (Lipinski definition) is 0. The largest absolute Gasteiger partial charge is 0.315 e. The van der Waals surface area contributed by atoms with E-state index in [0.717, 1.165) is 16.8 Å². The highest BCUT2D eigenvalue weighted by Crippen LogP contribution is 2.43. The Labute approximate surface area is 152 Å². The van der Waals surface area contributed by atoms with Gasteiger partial charge >= 0.3 is 0 Å². The van der Waals surface area contributed by atoms with Gasteiger partial charge in [-0.1, -0.05) is 78.9 Å². The van der Waals surface area contributed by atoms with Crippen molar-refractivity contribution in [2.75, 3.05) is 11.9 Å². The third kappa shape index (κ3) is 2.62. The second-order valence-corrected chi connectivity index (χ2v) is 6.55. The van der Waals surface area contributed by atoms with Crippen LogP contribution < -0.4 is 4.90 Å². The summed E-state index contributed by atoms with van der Waals surface area (Å²) >= 11 is 0. The summed E-state index contributed by atoms with van der Waals surface area (Å²) in [5.74, 6) is -1.35. The highest BCUT2D eigenvalue weighted by molar-refractivity contribution is 6.16. The summed E-state index contributed by atoms with van der Waals surface area (Å²) in [6.45, 7) is 0. The van der Waals surface area contributed by atoms with Gasteiger partial charge in [-0.05, 0) is 17.2 Å². The Hall–Kier alpha value is -3.20. The molecule has 0 saturated heterocycles. The monoisotopic (exact) mass is 341 g/mol. The van der Waals surface area contributed by atoms with Crippen molar-refractivity contribution in [2.45, 2.75) is 5.92 Å². The fraction of sp³-hybridized carbons (Fsp3) is 0.130. The highest BCUT2D eigenvalue weighted by atomic mass is 16.2. The molecule has 2 unspecified atom stereocenters. The number of carbonyl (C=O) groups excluding carboxylic acids is 2. The molecule has 0 bridgehead atoms. The lowest BCUT2D eigenvalue weighted by molar-refractivity contribution is -0.121. The van der Waals surface area contributed by atoms with Gasteiger partial charge in [-0.15, -0.1) is 0 Å². The fourth-order valence-corrected chi connectivity index (χ4v) is 3.78. The topological polar surface area (TPSA) is 37.4 Å². The molecule has 4 rings (SSSR count). The minimum absolute atomic E-state index is 0.134. The van der Waals surface area contributed by atoms with Crippen molar-refractivity contribution in [1.82, 2.24) is 0 Å². The SMILES string of the molecule is CN1C(=O)C(C(=O)c2ccccc2)C(c2ccccc2)c2ccccc21.